The molecule has 4 rings (SSSR count). The van der Waals surface area contributed by atoms with E-state index in [1.807, 2.05) is 12.1 Å². The Morgan fingerprint density at radius 1 is 1.11 bits per heavy atom. The van der Waals surface area contributed by atoms with Gasteiger partial charge in [0.15, 0.2) is 11.0 Å². The number of rotatable bonds is 4. The average Bonchev–Trinajstić information content (AvgIpc) is 2.74. The van der Waals surface area contributed by atoms with Crippen LogP contribution in [0.2, 0.25) is 0 Å². The summed E-state index contributed by atoms with van der Waals surface area (Å²) in [4.78, 5) is 33.0. The number of ether oxygens (including phenoxy) is 1. The van der Waals surface area contributed by atoms with Crippen LogP contribution in [0.25, 0.3) is 22.3 Å². The largest absolute Gasteiger partial charge is 0.496 e. The lowest BCUT2D eigenvalue weighted by Crippen LogP contribution is -2.14. The maximum atomic E-state index is 12.6. The molecule has 1 N–H and O–H groups in total. The molecule has 2 aromatic heterocycles. The SMILES string of the molecule is COc1ccccc1-c1cc(=O)c2cccc(NC(=O)c3cnccn3)c2o1. The summed E-state index contributed by atoms with van der Waals surface area (Å²) in [5, 5.41) is 3.09. The number of methoxy groups -OCH3 is 1. The molecule has 4 aromatic rings. The number of carbonyl (C=O) groups is 1. The van der Waals surface area contributed by atoms with E-state index in [1.165, 1.54) is 24.7 Å². The van der Waals surface area contributed by atoms with Crippen LogP contribution in [0.15, 0.2) is 76.3 Å². The van der Waals surface area contributed by atoms with Gasteiger partial charge in [-0.05, 0) is 24.3 Å². The number of carbonyl (C=O) groups excluding carboxylic acids is 1. The zero-order valence-electron chi connectivity index (χ0n) is 14.9. The van der Waals surface area contributed by atoms with E-state index in [0.29, 0.717) is 28.1 Å². The molecular weight excluding hydrogens is 358 g/mol. The van der Waals surface area contributed by atoms with Crippen molar-refractivity contribution in [2.45, 2.75) is 0 Å². The highest BCUT2D eigenvalue weighted by Gasteiger charge is 2.15. The van der Waals surface area contributed by atoms with Crippen molar-refractivity contribution in [1.82, 2.24) is 9.97 Å². The molecule has 0 saturated carbocycles. The van der Waals surface area contributed by atoms with Gasteiger partial charge < -0.3 is 14.5 Å². The van der Waals surface area contributed by atoms with Gasteiger partial charge >= 0.3 is 0 Å². The fourth-order valence-electron chi connectivity index (χ4n) is 2.86. The number of fused-ring (bicyclic) bond motifs is 1. The molecule has 0 aliphatic rings. The monoisotopic (exact) mass is 373 g/mol. The summed E-state index contributed by atoms with van der Waals surface area (Å²) in [6.45, 7) is 0. The zero-order valence-corrected chi connectivity index (χ0v) is 14.9. The molecule has 1 amide bonds. The highest BCUT2D eigenvalue weighted by Crippen LogP contribution is 2.32. The number of hydrogen-bond acceptors (Lipinski definition) is 6. The molecule has 28 heavy (non-hydrogen) atoms. The van der Waals surface area contributed by atoms with Crippen molar-refractivity contribution >= 4 is 22.6 Å². The van der Waals surface area contributed by atoms with Crippen LogP contribution < -0.4 is 15.5 Å². The molecule has 0 unspecified atom stereocenters. The molecule has 7 nitrogen and oxygen atoms in total. The summed E-state index contributed by atoms with van der Waals surface area (Å²) in [6, 6.07) is 13.6. The first-order valence-electron chi connectivity index (χ1n) is 8.45. The summed E-state index contributed by atoms with van der Waals surface area (Å²) >= 11 is 0. The minimum Gasteiger partial charge on any atom is -0.496 e. The molecular formula is C21H15N3O4. The first-order valence-corrected chi connectivity index (χ1v) is 8.45. The third-order valence-corrected chi connectivity index (χ3v) is 4.17. The predicted octanol–water partition coefficient (Wildman–Crippen LogP) is 3.51. The highest BCUT2D eigenvalue weighted by molar-refractivity contribution is 6.06. The zero-order chi connectivity index (χ0) is 19.5. The van der Waals surface area contributed by atoms with Crippen molar-refractivity contribution < 1.29 is 13.9 Å². The van der Waals surface area contributed by atoms with E-state index in [-0.39, 0.29) is 16.7 Å². The lowest BCUT2D eigenvalue weighted by molar-refractivity contribution is 0.102. The van der Waals surface area contributed by atoms with Crippen LogP contribution >= 0.6 is 0 Å². The molecule has 2 aromatic carbocycles. The van der Waals surface area contributed by atoms with E-state index in [1.54, 1.807) is 37.4 Å². The van der Waals surface area contributed by atoms with Gasteiger partial charge in [-0.15, -0.1) is 0 Å². The first-order chi connectivity index (χ1) is 13.7. The minimum absolute atomic E-state index is 0.155. The van der Waals surface area contributed by atoms with Crippen molar-refractivity contribution in [2.75, 3.05) is 12.4 Å². The van der Waals surface area contributed by atoms with Gasteiger partial charge in [-0.3, -0.25) is 14.6 Å². The summed E-state index contributed by atoms with van der Waals surface area (Å²) in [6.07, 6.45) is 4.27. The lowest BCUT2D eigenvalue weighted by Gasteiger charge is -2.11. The summed E-state index contributed by atoms with van der Waals surface area (Å²) in [5.74, 6) is 0.466. The molecule has 0 aliphatic heterocycles. The Bertz CT molecular complexity index is 1220. The van der Waals surface area contributed by atoms with Crippen LogP contribution in [0.5, 0.6) is 5.75 Å². The van der Waals surface area contributed by atoms with E-state index >= 15 is 0 Å². The number of nitrogens with one attached hydrogen (secondary N) is 1. The van der Waals surface area contributed by atoms with E-state index in [4.69, 9.17) is 9.15 Å². The Hall–Kier alpha value is -4.00. The molecule has 0 aliphatic carbocycles. The highest BCUT2D eigenvalue weighted by atomic mass is 16.5. The number of nitrogens with zero attached hydrogens (tertiary/aromatic N) is 2. The molecule has 138 valence electrons. The number of anilines is 1. The Morgan fingerprint density at radius 3 is 2.75 bits per heavy atom. The van der Waals surface area contributed by atoms with E-state index in [2.05, 4.69) is 15.3 Å². The molecule has 0 bridgehead atoms. The quantitative estimate of drug-likeness (QED) is 0.588. The number of para-hydroxylation sites is 2. The standard InChI is InChI=1S/C21H15N3O4/c1-27-18-8-3-2-5-14(18)19-11-17(25)13-6-4-7-15(20(13)28-19)24-21(26)16-12-22-9-10-23-16/h2-12H,1H3,(H,24,26). The fraction of sp³-hybridized carbons (Fsp3) is 0.0476. The Balaban J connectivity index is 1.84. The number of amides is 1. The van der Waals surface area contributed by atoms with Crippen LogP contribution in [0.4, 0.5) is 5.69 Å². The van der Waals surface area contributed by atoms with Crippen molar-refractivity contribution in [2.24, 2.45) is 0 Å². The number of hydrogen-bond donors (Lipinski definition) is 1. The van der Waals surface area contributed by atoms with E-state index < -0.39 is 5.91 Å². The van der Waals surface area contributed by atoms with Crippen molar-refractivity contribution in [3.05, 3.63) is 83.0 Å². The van der Waals surface area contributed by atoms with E-state index in [0.717, 1.165) is 0 Å². The molecule has 0 saturated heterocycles. The lowest BCUT2D eigenvalue weighted by atomic mass is 10.1. The summed E-state index contributed by atoms with van der Waals surface area (Å²) in [5.41, 5.74) is 1.20. The van der Waals surface area contributed by atoms with Crippen LogP contribution in [-0.2, 0) is 0 Å². The van der Waals surface area contributed by atoms with Crippen molar-refractivity contribution in [1.29, 1.82) is 0 Å². The Morgan fingerprint density at radius 2 is 1.96 bits per heavy atom. The second-order valence-electron chi connectivity index (χ2n) is 5.90. The number of benzene rings is 2. The normalized spacial score (nSPS) is 10.6. The molecule has 2 heterocycles. The fourth-order valence-corrected chi connectivity index (χ4v) is 2.86. The van der Waals surface area contributed by atoms with Gasteiger partial charge in [-0.1, -0.05) is 18.2 Å². The van der Waals surface area contributed by atoms with Crippen molar-refractivity contribution in [3.63, 3.8) is 0 Å². The maximum absolute atomic E-state index is 12.6. The molecule has 0 fully saturated rings. The second-order valence-corrected chi connectivity index (χ2v) is 5.90. The third kappa shape index (κ3) is 3.21. The van der Waals surface area contributed by atoms with Gasteiger partial charge in [0.25, 0.3) is 5.91 Å². The van der Waals surface area contributed by atoms with Crippen LogP contribution in [-0.4, -0.2) is 23.0 Å². The van der Waals surface area contributed by atoms with Crippen molar-refractivity contribution in [3.8, 4) is 17.1 Å². The van der Waals surface area contributed by atoms with Gasteiger partial charge in [-0.25, -0.2) is 4.98 Å². The van der Waals surface area contributed by atoms with Gasteiger partial charge in [-0.2, -0.15) is 0 Å². The second kappa shape index (κ2) is 7.32. The summed E-state index contributed by atoms with van der Waals surface area (Å²) in [7, 11) is 1.55. The molecule has 0 radical (unpaired) electrons. The van der Waals surface area contributed by atoms with Crippen LogP contribution in [0.3, 0.4) is 0 Å². The van der Waals surface area contributed by atoms with Gasteiger partial charge in [0.2, 0.25) is 0 Å². The topological polar surface area (TPSA) is 94.3 Å². The third-order valence-electron chi connectivity index (χ3n) is 4.17. The minimum atomic E-state index is -0.453. The predicted molar refractivity (Wildman–Crippen MR) is 104 cm³/mol. The smallest absolute Gasteiger partial charge is 0.275 e. The number of aromatic nitrogens is 2. The average molecular weight is 373 g/mol. The summed E-state index contributed by atoms with van der Waals surface area (Å²) < 4.78 is 11.4. The molecule has 0 spiro atoms. The maximum Gasteiger partial charge on any atom is 0.275 e. The van der Waals surface area contributed by atoms with Crippen LogP contribution in [0.1, 0.15) is 10.5 Å². The van der Waals surface area contributed by atoms with Gasteiger partial charge in [0.1, 0.15) is 17.2 Å². The van der Waals surface area contributed by atoms with Gasteiger partial charge in [0.05, 0.1) is 29.9 Å². The van der Waals surface area contributed by atoms with Gasteiger partial charge in [0, 0.05) is 18.5 Å². The Kier molecular flexibility index (Phi) is 4.55. The van der Waals surface area contributed by atoms with Crippen LogP contribution in [0, 0.1) is 0 Å². The first kappa shape index (κ1) is 17.4. The molecule has 0 atom stereocenters. The van der Waals surface area contributed by atoms with E-state index in [9.17, 15) is 9.59 Å². The molecule has 7 heteroatoms. The Labute approximate surface area is 159 Å².